The number of hydrogen-bond acceptors (Lipinski definition) is 4. The molecule has 0 aromatic carbocycles. The maximum atomic E-state index is 11.8. The largest absolute Gasteiger partial charge is 0.309 e. The lowest BCUT2D eigenvalue weighted by Gasteiger charge is -2.35. The molecule has 1 aliphatic carbocycles. The molecule has 0 spiro atoms. The third-order valence-corrected chi connectivity index (χ3v) is 6.07. The van der Waals surface area contributed by atoms with E-state index in [1.165, 1.54) is 25.6 Å². The Bertz CT molecular complexity index is 369. The van der Waals surface area contributed by atoms with E-state index in [1.807, 2.05) is 0 Å². The van der Waals surface area contributed by atoms with Crippen LogP contribution in [0.5, 0.6) is 0 Å². The number of rotatable bonds is 4. The highest BCUT2D eigenvalue weighted by Gasteiger charge is 2.36. The van der Waals surface area contributed by atoms with Gasteiger partial charge in [0.25, 0.3) is 0 Å². The van der Waals surface area contributed by atoms with Gasteiger partial charge in [-0.2, -0.15) is 0 Å². The van der Waals surface area contributed by atoms with Crippen molar-refractivity contribution in [3.8, 4) is 0 Å². The van der Waals surface area contributed by atoms with E-state index in [2.05, 4.69) is 17.1 Å². The molecule has 106 valence electrons. The molecule has 1 heterocycles. The normalized spacial score (nSPS) is 34.9. The summed E-state index contributed by atoms with van der Waals surface area (Å²) in [6, 6.07) is 0.660. The molecule has 0 aromatic rings. The molecule has 2 rings (SSSR count). The highest BCUT2D eigenvalue weighted by Crippen LogP contribution is 2.26. The number of nitrogens with zero attached hydrogens (tertiary/aromatic N) is 1. The summed E-state index contributed by atoms with van der Waals surface area (Å²) in [5, 5.41) is 3.46. The molecule has 1 saturated heterocycles. The summed E-state index contributed by atoms with van der Waals surface area (Å²) in [6.45, 7) is 5.55. The molecule has 4 nitrogen and oxygen atoms in total. The van der Waals surface area contributed by atoms with Gasteiger partial charge in [0, 0.05) is 24.9 Å². The summed E-state index contributed by atoms with van der Waals surface area (Å²) in [5.74, 6) is 0. The molecule has 1 saturated carbocycles. The van der Waals surface area contributed by atoms with Crippen LogP contribution in [0.25, 0.3) is 0 Å². The summed E-state index contributed by atoms with van der Waals surface area (Å²) in [7, 11) is -2.90. The highest BCUT2D eigenvalue weighted by atomic mass is 32.2. The first-order valence-corrected chi connectivity index (χ1v) is 9.13. The van der Waals surface area contributed by atoms with E-state index in [0.717, 1.165) is 32.4 Å². The quantitative estimate of drug-likeness (QED) is 0.832. The SMILES string of the molecule is CCN1CCCC(NC2CCCC2S(C)(=O)=O)C1. The molecule has 2 aliphatic rings. The minimum absolute atomic E-state index is 0.158. The second-order valence-electron chi connectivity index (χ2n) is 5.80. The number of sulfone groups is 1. The number of hydrogen-bond donors (Lipinski definition) is 1. The van der Waals surface area contributed by atoms with Gasteiger partial charge in [0.05, 0.1) is 5.25 Å². The summed E-state index contributed by atoms with van der Waals surface area (Å²) >= 11 is 0. The number of likely N-dealkylation sites (N-methyl/N-ethyl adjacent to an activating group) is 1. The summed E-state index contributed by atoms with van der Waals surface area (Å²) in [4.78, 5) is 2.45. The fraction of sp³-hybridized carbons (Fsp3) is 1.00. The Labute approximate surface area is 111 Å². The van der Waals surface area contributed by atoms with Crippen molar-refractivity contribution in [1.29, 1.82) is 0 Å². The van der Waals surface area contributed by atoms with E-state index in [-0.39, 0.29) is 11.3 Å². The summed E-state index contributed by atoms with van der Waals surface area (Å²) in [6.07, 6.45) is 6.68. The molecule has 1 aliphatic heterocycles. The Kier molecular flexibility index (Phi) is 4.67. The van der Waals surface area contributed by atoms with E-state index < -0.39 is 9.84 Å². The maximum absolute atomic E-state index is 11.8. The lowest BCUT2D eigenvalue weighted by atomic mass is 10.0. The van der Waals surface area contributed by atoms with Crippen LogP contribution in [0, 0.1) is 0 Å². The van der Waals surface area contributed by atoms with Gasteiger partial charge in [-0.25, -0.2) is 8.42 Å². The first kappa shape index (κ1) is 14.3. The predicted octanol–water partition coefficient (Wildman–Crippen LogP) is 1.03. The van der Waals surface area contributed by atoms with Crippen molar-refractivity contribution in [2.45, 2.75) is 56.4 Å². The van der Waals surface area contributed by atoms with Gasteiger partial charge in [0.1, 0.15) is 0 Å². The molecular weight excluding hydrogens is 248 g/mol. The van der Waals surface area contributed by atoms with Crippen LogP contribution in [0.2, 0.25) is 0 Å². The Morgan fingerprint density at radius 3 is 2.67 bits per heavy atom. The van der Waals surface area contributed by atoms with Crippen molar-refractivity contribution in [3.63, 3.8) is 0 Å². The standard InChI is InChI=1S/C13H26N2O2S/c1-3-15-9-5-6-11(10-15)14-12-7-4-8-13(12)18(2,16)17/h11-14H,3-10H2,1-2H3. The van der Waals surface area contributed by atoms with Gasteiger partial charge >= 0.3 is 0 Å². The lowest BCUT2D eigenvalue weighted by molar-refractivity contribution is 0.191. The first-order valence-electron chi connectivity index (χ1n) is 7.18. The molecular formula is C13H26N2O2S. The smallest absolute Gasteiger partial charge is 0.151 e. The lowest BCUT2D eigenvalue weighted by Crippen LogP contribution is -2.51. The van der Waals surface area contributed by atoms with Crippen molar-refractivity contribution in [2.24, 2.45) is 0 Å². The molecule has 1 N–H and O–H groups in total. The molecule has 2 fully saturated rings. The minimum Gasteiger partial charge on any atom is -0.309 e. The first-order chi connectivity index (χ1) is 8.50. The van der Waals surface area contributed by atoms with E-state index in [9.17, 15) is 8.42 Å². The third kappa shape index (κ3) is 3.45. The summed E-state index contributed by atoms with van der Waals surface area (Å²) in [5.41, 5.74) is 0. The molecule has 0 amide bonds. The van der Waals surface area contributed by atoms with Gasteiger partial charge in [-0.15, -0.1) is 0 Å². The molecule has 0 aromatic heterocycles. The molecule has 3 unspecified atom stereocenters. The van der Waals surface area contributed by atoms with Crippen LogP contribution in [0.1, 0.15) is 39.0 Å². The predicted molar refractivity (Wildman–Crippen MR) is 74.5 cm³/mol. The van der Waals surface area contributed by atoms with Crippen molar-refractivity contribution in [3.05, 3.63) is 0 Å². The van der Waals surface area contributed by atoms with Crippen molar-refractivity contribution in [1.82, 2.24) is 10.2 Å². The zero-order chi connectivity index (χ0) is 13.2. The van der Waals surface area contributed by atoms with Gasteiger partial charge in [-0.3, -0.25) is 0 Å². The van der Waals surface area contributed by atoms with Gasteiger partial charge in [-0.1, -0.05) is 13.3 Å². The fourth-order valence-corrected chi connectivity index (χ4v) is 4.82. The fourth-order valence-electron chi connectivity index (χ4n) is 3.41. The molecule has 3 atom stereocenters. The van der Waals surface area contributed by atoms with Crippen LogP contribution < -0.4 is 5.32 Å². The van der Waals surface area contributed by atoms with Gasteiger partial charge in [0.2, 0.25) is 0 Å². The maximum Gasteiger partial charge on any atom is 0.151 e. The second-order valence-corrected chi connectivity index (χ2v) is 8.07. The van der Waals surface area contributed by atoms with E-state index in [1.54, 1.807) is 0 Å². The monoisotopic (exact) mass is 274 g/mol. The van der Waals surface area contributed by atoms with E-state index in [4.69, 9.17) is 0 Å². The number of piperidine rings is 1. The average molecular weight is 274 g/mol. The Balaban J connectivity index is 1.92. The summed E-state index contributed by atoms with van der Waals surface area (Å²) < 4.78 is 23.5. The zero-order valence-corrected chi connectivity index (χ0v) is 12.4. The van der Waals surface area contributed by atoms with Crippen LogP contribution in [0.4, 0.5) is 0 Å². The van der Waals surface area contributed by atoms with Crippen LogP contribution >= 0.6 is 0 Å². The van der Waals surface area contributed by atoms with Crippen LogP contribution in [-0.4, -0.2) is 56.5 Å². The Morgan fingerprint density at radius 2 is 2.00 bits per heavy atom. The van der Waals surface area contributed by atoms with Crippen molar-refractivity contribution < 1.29 is 8.42 Å². The molecule has 5 heteroatoms. The average Bonchev–Trinajstić information content (AvgIpc) is 2.77. The molecule has 18 heavy (non-hydrogen) atoms. The van der Waals surface area contributed by atoms with Gasteiger partial charge < -0.3 is 10.2 Å². The Hall–Kier alpha value is -0.130. The van der Waals surface area contributed by atoms with Crippen molar-refractivity contribution in [2.75, 3.05) is 25.9 Å². The van der Waals surface area contributed by atoms with Crippen LogP contribution in [-0.2, 0) is 9.84 Å². The zero-order valence-electron chi connectivity index (χ0n) is 11.6. The van der Waals surface area contributed by atoms with Gasteiger partial charge in [0.15, 0.2) is 9.84 Å². The van der Waals surface area contributed by atoms with E-state index in [0.29, 0.717) is 6.04 Å². The topological polar surface area (TPSA) is 49.4 Å². The van der Waals surface area contributed by atoms with Crippen molar-refractivity contribution >= 4 is 9.84 Å². The van der Waals surface area contributed by atoms with E-state index >= 15 is 0 Å². The third-order valence-electron chi connectivity index (χ3n) is 4.41. The van der Waals surface area contributed by atoms with Crippen LogP contribution in [0.15, 0.2) is 0 Å². The highest BCUT2D eigenvalue weighted by molar-refractivity contribution is 7.91. The molecule has 0 bridgehead atoms. The number of nitrogens with one attached hydrogen (secondary N) is 1. The Morgan fingerprint density at radius 1 is 1.22 bits per heavy atom. The van der Waals surface area contributed by atoms with Gasteiger partial charge in [-0.05, 0) is 38.8 Å². The van der Waals surface area contributed by atoms with Crippen LogP contribution in [0.3, 0.4) is 0 Å². The second kappa shape index (κ2) is 5.88. The molecule has 0 radical (unpaired) electrons. The minimum atomic E-state index is -2.90. The number of likely N-dealkylation sites (tertiary alicyclic amines) is 1.